The van der Waals surface area contributed by atoms with Crippen LogP contribution >= 0.6 is 0 Å². The van der Waals surface area contributed by atoms with Crippen molar-refractivity contribution in [3.63, 3.8) is 0 Å². The normalized spacial score (nSPS) is 22.7. The van der Waals surface area contributed by atoms with Gasteiger partial charge in [-0.2, -0.15) is 0 Å². The summed E-state index contributed by atoms with van der Waals surface area (Å²) in [7, 11) is -0.896. The average Bonchev–Trinajstić information content (AvgIpc) is 2.31. The molecule has 2 rings (SSSR count). The van der Waals surface area contributed by atoms with Gasteiger partial charge in [0.25, 0.3) is 0 Å². The Morgan fingerprint density at radius 1 is 1.38 bits per heavy atom. The first kappa shape index (κ1) is 11.6. The van der Waals surface area contributed by atoms with Gasteiger partial charge in [0.15, 0.2) is 0 Å². The molecule has 0 bridgehead atoms. The Morgan fingerprint density at radius 3 is 2.69 bits per heavy atom. The van der Waals surface area contributed by atoms with Crippen molar-refractivity contribution in [3.05, 3.63) is 24.3 Å². The zero-order valence-corrected chi connectivity index (χ0v) is 10.3. The quantitative estimate of drug-likeness (QED) is 0.877. The summed E-state index contributed by atoms with van der Waals surface area (Å²) in [6.07, 6.45) is 3.97. The summed E-state index contributed by atoms with van der Waals surface area (Å²) >= 11 is 0. The lowest BCUT2D eigenvalue weighted by molar-refractivity contribution is 0.0876. The molecule has 1 aromatic rings. The molecular formula is C12H17NO2S. The van der Waals surface area contributed by atoms with E-state index in [1.165, 1.54) is 0 Å². The molecule has 0 spiro atoms. The van der Waals surface area contributed by atoms with Crippen LogP contribution in [0.2, 0.25) is 0 Å². The van der Waals surface area contributed by atoms with E-state index in [-0.39, 0.29) is 0 Å². The molecule has 4 heteroatoms. The number of rotatable bonds is 3. The molecule has 16 heavy (non-hydrogen) atoms. The molecule has 3 nitrogen and oxygen atoms in total. The van der Waals surface area contributed by atoms with Crippen LogP contribution in [0.4, 0.5) is 5.69 Å². The van der Waals surface area contributed by atoms with Gasteiger partial charge < -0.3 is 10.1 Å². The summed E-state index contributed by atoms with van der Waals surface area (Å²) in [6, 6.07) is 8.17. The Kier molecular flexibility index (Phi) is 3.96. The SMILES string of the molecule is CS(=O)c1ccc(NC2CCCOC2)cc1. The van der Waals surface area contributed by atoms with E-state index >= 15 is 0 Å². The molecule has 0 aliphatic carbocycles. The topological polar surface area (TPSA) is 38.3 Å². The van der Waals surface area contributed by atoms with Crippen LogP contribution in [0.3, 0.4) is 0 Å². The number of hydrogen-bond acceptors (Lipinski definition) is 3. The Hall–Kier alpha value is -0.870. The highest BCUT2D eigenvalue weighted by molar-refractivity contribution is 7.84. The maximum atomic E-state index is 11.2. The fourth-order valence-electron chi connectivity index (χ4n) is 1.83. The van der Waals surface area contributed by atoms with Gasteiger partial charge in [-0.25, -0.2) is 0 Å². The zero-order chi connectivity index (χ0) is 11.4. The van der Waals surface area contributed by atoms with E-state index in [1.54, 1.807) is 6.26 Å². The van der Waals surface area contributed by atoms with E-state index in [0.29, 0.717) is 6.04 Å². The summed E-state index contributed by atoms with van der Waals surface area (Å²) in [5.41, 5.74) is 1.07. The second-order valence-electron chi connectivity index (χ2n) is 4.04. The molecule has 1 aliphatic heterocycles. The first-order chi connectivity index (χ1) is 7.75. The van der Waals surface area contributed by atoms with Crippen LogP contribution in [-0.2, 0) is 15.5 Å². The van der Waals surface area contributed by atoms with E-state index in [9.17, 15) is 4.21 Å². The van der Waals surface area contributed by atoms with Crippen molar-refractivity contribution in [3.8, 4) is 0 Å². The van der Waals surface area contributed by atoms with Gasteiger partial charge in [-0.1, -0.05) is 0 Å². The predicted octanol–water partition coefficient (Wildman–Crippen LogP) is 2.01. The molecule has 1 fully saturated rings. The first-order valence-electron chi connectivity index (χ1n) is 5.53. The van der Waals surface area contributed by atoms with E-state index in [4.69, 9.17) is 4.74 Å². The van der Waals surface area contributed by atoms with Gasteiger partial charge in [-0.15, -0.1) is 0 Å². The number of anilines is 1. The van der Waals surface area contributed by atoms with Gasteiger partial charge in [0, 0.05) is 40.3 Å². The van der Waals surface area contributed by atoms with Crippen LogP contribution in [-0.4, -0.2) is 29.7 Å². The lowest BCUT2D eigenvalue weighted by atomic mass is 10.1. The molecule has 2 atom stereocenters. The van der Waals surface area contributed by atoms with Crippen LogP contribution in [0.25, 0.3) is 0 Å². The van der Waals surface area contributed by atoms with Gasteiger partial charge >= 0.3 is 0 Å². The molecule has 1 aromatic carbocycles. The second kappa shape index (κ2) is 5.46. The molecule has 1 aliphatic rings. The fourth-order valence-corrected chi connectivity index (χ4v) is 2.35. The van der Waals surface area contributed by atoms with Crippen molar-refractivity contribution >= 4 is 16.5 Å². The van der Waals surface area contributed by atoms with Crippen LogP contribution in [0, 0.1) is 0 Å². The van der Waals surface area contributed by atoms with E-state index < -0.39 is 10.8 Å². The Bertz CT molecular complexity index is 358. The van der Waals surface area contributed by atoms with Crippen molar-refractivity contribution < 1.29 is 8.95 Å². The zero-order valence-electron chi connectivity index (χ0n) is 9.44. The highest BCUT2D eigenvalue weighted by Gasteiger charge is 2.13. The van der Waals surface area contributed by atoms with Crippen molar-refractivity contribution in [1.82, 2.24) is 0 Å². The third-order valence-corrected chi connectivity index (χ3v) is 3.65. The minimum Gasteiger partial charge on any atom is -0.380 e. The third kappa shape index (κ3) is 3.06. The van der Waals surface area contributed by atoms with E-state index in [0.717, 1.165) is 36.6 Å². The summed E-state index contributed by atoms with van der Waals surface area (Å²) in [5, 5.41) is 3.42. The molecule has 0 radical (unpaired) electrons. The summed E-state index contributed by atoms with van der Waals surface area (Å²) in [4.78, 5) is 0.866. The van der Waals surface area contributed by atoms with E-state index in [1.807, 2.05) is 24.3 Å². The Morgan fingerprint density at radius 2 is 2.12 bits per heavy atom. The van der Waals surface area contributed by atoms with Crippen LogP contribution < -0.4 is 5.32 Å². The monoisotopic (exact) mass is 239 g/mol. The van der Waals surface area contributed by atoms with Gasteiger partial charge in [0.05, 0.1) is 6.61 Å². The fraction of sp³-hybridized carbons (Fsp3) is 0.500. The van der Waals surface area contributed by atoms with Crippen molar-refractivity contribution in [1.29, 1.82) is 0 Å². The van der Waals surface area contributed by atoms with Gasteiger partial charge in [0.1, 0.15) is 0 Å². The van der Waals surface area contributed by atoms with Crippen LogP contribution in [0.15, 0.2) is 29.2 Å². The summed E-state index contributed by atoms with van der Waals surface area (Å²) < 4.78 is 16.6. The van der Waals surface area contributed by atoms with Crippen LogP contribution in [0.5, 0.6) is 0 Å². The van der Waals surface area contributed by atoms with Gasteiger partial charge in [0.2, 0.25) is 0 Å². The van der Waals surface area contributed by atoms with Crippen molar-refractivity contribution in [2.24, 2.45) is 0 Å². The number of benzene rings is 1. The number of hydrogen-bond donors (Lipinski definition) is 1. The van der Waals surface area contributed by atoms with Crippen LogP contribution in [0.1, 0.15) is 12.8 Å². The van der Waals surface area contributed by atoms with Crippen molar-refractivity contribution in [2.75, 3.05) is 24.8 Å². The Balaban J connectivity index is 1.96. The molecule has 1 saturated heterocycles. The Labute approximate surface area is 98.7 Å². The lowest BCUT2D eigenvalue weighted by Gasteiger charge is -2.24. The summed E-state index contributed by atoms with van der Waals surface area (Å²) in [5.74, 6) is 0. The lowest BCUT2D eigenvalue weighted by Crippen LogP contribution is -2.29. The standard InChI is InChI=1S/C12H17NO2S/c1-16(14)12-6-4-10(5-7-12)13-11-3-2-8-15-9-11/h4-7,11,13H,2-3,8-9H2,1H3. The molecular weight excluding hydrogens is 222 g/mol. The van der Waals surface area contributed by atoms with E-state index in [2.05, 4.69) is 5.32 Å². The smallest absolute Gasteiger partial charge is 0.0667 e. The maximum absolute atomic E-state index is 11.2. The van der Waals surface area contributed by atoms with Gasteiger partial charge in [-0.05, 0) is 37.1 Å². The maximum Gasteiger partial charge on any atom is 0.0667 e. The molecule has 1 heterocycles. The van der Waals surface area contributed by atoms with Crippen molar-refractivity contribution in [2.45, 2.75) is 23.8 Å². The molecule has 1 N–H and O–H groups in total. The predicted molar refractivity (Wildman–Crippen MR) is 66.2 cm³/mol. The molecule has 0 saturated carbocycles. The summed E-state index contributed by atoms with van der Waals surface area (Å²) in [6.45, 7) is 1.66. The number of nitrogens with one attached hydrogen (secondary N) is 1. The first-order valence-corrected chi connectivity index (χ1v) is 7.09. The minimum atomic E-state index is -0.896. The molecule has 0 aromatic heterocycles. The third-order valence-electron chi connectivity index (χ3n) is 2.72. The average molecular weight is 239 g/mol. The number of ether oxygens (including phenoxy) is 1. The largest absolute Gasteiger partial charge is 0.380 e. The molecule has 0 amide bonds. The molecule has 88 valence electrons. The second-order valence-corrected chi connectivity index (χ2v) is 5.42. The highest BCUT2D eigenvalue weighted by atomic mass is 32.2. The van der Waals surface area contributed by atoms with Gasteiger partial charge in [-0.3, -0.25) is 4.21 Å². The highest BCUT2D eigenvalue weighted by Crippen LogP contribution is 2.16. The molecule has 2 unspecified atom stereocenters. The minimum absolute atomic E-state index is 0.409.